The Morgan fingerprint density at radius 1 is 0.758 bits per heavy atom. The number of nitrogens with one attached hydrogen (secondary N) is 3. The van der Waals surface area contributed by atoms with Crippen LogP contribution in [0.3, 0.4) is 0 Å². The van der Waals surface area contributed by atoms with E-state index in [2.05, 4.69) is 16.0 Å². The van der Waals surface area contributed by atoms with Crippen LogP contribution in [0.2, 0.25) is 0 Å². The number of hydrogen-bond acceptors (Lipinski definition) is 4. The van der Waals surface area contributed by atoms with Crippen molar-refractivity contribution in [1.82, 2.24) is 9.55 Å². The first-order chi connectivity index (χ1) is 15.8. The lowest BCUT2D eigenvalue weighted by Gasteiger charge is -2.11. The lowest BCUT2D eigenvalue weighted by atomic mass is 10.1. The molecular formula is C25H23N5O3. The van der Waals surface area contributed by atoms with Crippen molar-refractivity contribution in [3.8, 4) is 11.4 Å². The highest BCUT2D eigenvalue weighted by Gasteiger charge is 2.13. The Balaban J connectivity index is 1.56. The number of rotatable bonds is 5. The summed E-state index contributed by atoms with van der Waals surface area (Å²) in [4.78, 5) is 40.4. The Hall–Kier alpha value is -4.46. The molecule has 0 saturated heterocycles. The summed E-state index contributed by atoms with van der Waals surface area (Å²) in [5.41, 5.74) is 4.61. The summed E-state index contributed by atoms with van der Waals surface area (Å²) in [6.07, 6.45) is 0. The molecule has 0 aliphatic rings. The summed E-state index contributed by atoms with van der Waals surface area (Å²) in [5.74, 6) is -0.0981. The molecule has 4 aromatic rings. The maximum Gasteiger partial charge on any atom is 0.255 e. The number of fused-ring (bicyclic) bond motifs is 1. The number of para-hydroxylation sites is 2. The van der Waals surface area contributed by atoms with Gasteiger partial charge in [-0.2, -0.15) is 0 Å². The van der Waals surface area contributed by atoms with Crippen LogP contribution in [0.1, 0.15) is 24.2 Å². The molecule has 3 N–H and O–H groups in total. The summed E-state index contributed by atoms with van der Waals surface area (Å²) < 4.78 is 2.03. The molecule has 1 aromatic heterocycles. The predicted molar refractivity (Wildman–Crippen MR) is 129 cm³/mol. The van der Waals surface area contributed by atoms with Gasteiger partial charge in [0.25, 0.3) is 5.91 Å². The Kier molecular flexibility index (Phi) is 5.91. The number of anilines is 3. The van der Waals surface area contributed by atoms with E-state index in [9.17, 15) is 14.4 Å². The van der Waals surface area contributed by atoms with Crippen molar-refractivity contribution in [2.75, 3.05) is 16.0 Å². The average molecular weight is 441 g/mol. The van der Waals surface area contributed by atoms with Crippen LogP contribution in [0, 0.1) is 0 Å². The van der Waals surface area contributed by atoms with E-state index in [4.69, 9.17) is 4.98 Å². The Morgan fingerprint density at radius 2 is 1.36 bits per heavy atom. The maximum atomic E-state index is 12.9. The third-order valence-corrected chi connectivity index (χ3v) is 5.02. The first kappa shape index (κ1) is 21.8. The van der Waals surface area contributed by atoms with Gasteiger partial charge >= 0.3 is 0 Å². The normalized spacial score (nSPS) is 10.6. The largest absolute Gasteiger partial charge is 0.327 e. The topological polar surface area (TPSA) is 105 Å². The molecule has 0 saturated carbocycles. The molecule has 0 bridgehead atoms. The highest BCUT2D eigenvalue weighted by Crippen LogP contribution is 2.25. The minimum absolute atomic E-state index is 0.279. The van der Waals surface area contributed by atoms with Crippen molar-refractivity contribution in [2.24, 2.45) is 7.05 Å². The number of aryl methyl sites for hydroxylation is 1. The molecule has 0 aliphatic carbocycles. The van der Waals surface area contributed by atoms with Crippen molar-refractivity contribution >= 4 is 45.8 Å². The first-order valence-electron chi connectivity index (χ1n) is 10.3. The molecule has 3 amide bonds. The summed E-state index contributed by atoms with van der Waals surface area (Å²) in [7, 11) is 1.97. The quantitative estimate of drug-likeness (QED) is 0.427. The van der Waals surface area contributed by atoms with E-state index in [1.165, 1.54) is 13.8 Å². The van der Waals surface area contributed by atoms with E-state index >= 15 is 0 Å². The number of aromatic nitrogens is 2. The molecule has 166 valence electrons. The van der Waals surface area contributed by atoms with E-state index in [0.717, 1.165) is 22.4 Å². The van der Waals surface area contributed by atoms with Crippen molar-refractivity contribution in [2.45, 2.75) is 13.8 Å². The van der Waals surface area contributed by atoms with E-state index in [-0.39, 0.29) is 17.7 Å². The van der Waals surface area contributed by atoms with Crippen molar-refractivity contribution in [3.63, 3.8) is 0 Å². The molecule has 0 spiro atoms. The average Bonchev–Trinajstić information content (AvgIpc) is 3.10. The number of nitrogens with zero attached hydrogens (tertiary/aromatic N) is 2. The molecule has 3 aromatic carbocycles. The molecule has 0 atom stereocenters. The second kappa shape index (κ2) is 8.96. The molecule has 0 fully saturated rings. The zero-order valence-electron chi connectivity index (χ0n) is 18.5. The molecular weight excluding hydrogens is 418 g/mol. The Labute approximate surface area is 190 Å². The van der Waals surface area contributed by atoms with Gasteiger partial charge in [-0.15, -0.1) is 0 Å². The number of benzene rings is 3. The third kappa shape index (κ3) is 4.90. The Morgan fingerprint density at radius 3 is 1.94 bits per heavy atom. The number of carbonyl (C=O) groups excluding carboxylic acids is 3. The minimum atomic E-state index is -0.371. The van der Waals surface area contributed by atoms with Gasteiger partial charge in [0.15, 0.2) is 0 Å². The van der Waals surface area contributed by atoms with E-state index < -0.39 is 0 Å². The molecule has 8 heteroatoms. The highest BCUT2D eigenvalue weighted by atomic mass is 16.2. The lowest BCUT2D eigenvalue weighted by molar-refractivity contribution is -0.115. The van der Waals surface area contributed by atoms with Crippen LogP contribution in [-0.4, -0.2) is 27.3 Å². The summed E-state index contributed by atoms with van der Waals surface area (Å²) in [6, 6.07) is 20.0. The number of carbonyl (C=O) groups is 3. The van der Waals surface area contributed by atoms with E-state index in [0.29, 0.717) is 22.6 Å². The van der Waals surface area contributed by atoms with Crippen LogP contribution in [-0.2, 0) is 16.6 Å². The fraction of sp³-hybridized carbons (Fsp3) is 0.120. The van der Waals surface area contributed by atoms with Gasteiger partial charge in [-0.1, -0.05) is 12.1 Å². The predicted octanol–water partition coefficient (Wildman–Crippen LogP) is 4.41. The van der Waals surface area contributed by atoms with Crippen molar-refractivity contribution in [3.05, 3.63) is 72.3 Å². The van der Waals surface area contributed by atoms with Crippen LogP contribution < -0.4 is 16.0 Å². The fourth-order valence-corrected chi connectivity index (χ4v) is 3.62. The van der Waals surface area contributed by atoms with Gasteiger partial charge < -0.3 is 20.5 Å². The SMILES string of the molecule is CC(=O)Nc1cc(NC(C)=O)cc(C(=O)Nc2ccc(-c3nc4ccccc4n3C)cc2)c1. The molecule has 0 aliphatic heterocycles. The number of imidazole rings is 1. The van der Waals surface area contributed by atoms with Crippen molar-refractivity contribution < 1.29 is 14.4 Å². The number of hydrogen-bond donors (Lipinski definition) is 3. The zero-order valence-corrected chi connectivity index (χ0v) is 18.5. The number of amides is 3. The van der Waals surface area contributed by atoms with Crippen LogP contribution >= 0.6 is 0 Å². The molecule has 1 heterocycles. The third-order valence-electron chi connectivity index (χ3n) is 5.02. The van der Waals surface area contributed by atoms with Crippen LogP contribution in [0.25, 0.3) is 22.4 Å². The van der Waals surface area contributed by atoms with Crippen LogP contribution in [0.4, 0.5) is 17.1 Å². The van der Waals surface area contributed by atoms with Gasteiger partial charge in [-0.3, -0.25) is 14.4 Å². The molecule has 33 heavy (non-hydrogen) atoms. The second-order valence-electron chi connectivity index (χ2n) is 7.68. The first-order valence-corrected chi connectivity index (χ1v) is 10.3. The zero-order chi connectivity index (χ0) is 23.5. The van der Waals surface area contributed by atoms with Gasteiger partial charge in [0.05, 0.1) is 11.0 Å². The standard InChI is InChI=1S/C25H23N5O3/c1-15(31)26-20-12-18(13-21(14-20)27-16(2)32)25(33)28-19-10-8-17(9-11-19)24-29-22-6-4-5-7-23(22)30(24)3/h4-14H,1-3H3,(H,26,31)(H,27,32)(H,28,33). The van der Waals surface area contributed by atoms with Crippen LogP contribution in [0.15, 0.2) is 66.7 Å². The highest BCUT2D eigenvalue weighted by molar-refractivity contribution is 6.06. The molecule has 8 nitrogen and oxygen atoms in total. The van der Waals surface area contributed by atoms with Gasteiger partial charge in [0.1, 0.15) is 5.82 Å². The van der Waals surface area contributed by atoms with Gasteiger partial charge in [0, 0.05) is 49.1 Å². The van der Waals surface area contributed by atoms with Gasteiger partial charge in [0.2, 0.25) is 11.8 Å². The smallest absolute Gasteiger partial charge is 0.255 e. The molecule has 4 rings (SSSR count). The van der Waals surface area contributed by atoms with Crippen LogP contribution in [0.5, 0.6) is 0 Å². The van der Waals surface area contributed by atoms with E-state index in [1.54, 1.807) is 30.3 Å². The van der Waals surface area contributed by atoms with Crippen molar-refractivity contribution in [1.29, 1.82) is 0 Å². The minimum Gasteiger partial charge on any atom is -0.327 e. The fourth-order valence-electron chi connectivity index (χ4n) is 3.62. The summed E-state index contributed by atoms with van der Waals surface area (Å²) in [5, 5.41) is 8.13. The van der Waals surface area contributed by atoms with E-state index in [1.807, 2.05) is 48.0 Å². The lowest BCUT2D eigenvalue weighted by Crippen LogP contribution is -2.15. The summed E-state index contributed by atoms with van der Waals surface area (Å²) in [6.45, 7) is 2.74. The Bertz CT molecular complexity index is 1340. The molecule has 0 radical (unpaired) electrons. The monoisotopic (exact) mass is 441 g/mol. The van der Waals surface area contributed by atoms with Gasteiger partial charge in [-0.05, 0) is 54.6 Å². The second-order valence-corrected chi connectivity index (χ2v) is 7.68. The molecule has 0 unspecified atom stereocenters. The summed E-state index contributed by atoms with van der Waals surface area (Å²) >= 11 is 0. The maximum absolute atomic E-state index is 12.9. The van der Waals surface area contributed by atoms with Gasteiger partial charge in [-0.25, -0.2) is 4.98 Å².